The summed E-state index contributed by atoms with van der Waals surface area (Å²) in [4.78, 5) is 35.1. The molecule has 9 rings (SSSR count). The molecule has 0 N–H and O–H groups in total. The van der Waals surface area contributed by atoms with Crippen LogP contribution in [-0.4, -0.2) is 25.2 Å². The molecule has 9 heteroatoms. The highest BCUT2D eigenvalue weighted by atomic mass is 32.1. The van der Waals surface area contributed by atoms with E-state index in [0.29, 0.717) is 13.2 Å². The number of hydrogen-bond acceptors (Lipinski definition) is 9. The lowest BCUT2D eigenvalue weighted by Gasteiger charge is -2.26. The van der Waals surface area contributed by atoms with Crippen molar-refractivity contribution in [2.75, 3.05) is 23.0 Å². The molecule has 0 unspecified atom stereocenters. The molecule has 0 amide bonds. The summed E-state index contributed by atoms with van der Waals surface area (Å²) < 4.78 is 10.3. The van der Waals surface area contributed by atoms with Crippen molar-refractivity contribution in [1.82, 2.24) is 0 Å². The number of carbonyl (C=O) groups is 2. The van der Waals surface area contributed by atoms with Crippen molar-refractivity contribution in [3.63, 3.8) is 0 Å². The normalized spacial score (nSPS) is 11.1. The van der Waals surface area contributed by atoms with E-state index < -0.39 is 0 Å². The predicted octanol–water partition coefficient (Wildman–Crippen LogP) is 23.4. The number of unbranched alkanes of at least 4 members (excludes halogenated alkanes) is 12. The zero-order chi connectivity index (χ0) is 60.4. The van der Waals surface area contributed by atoms with Crippen LogP contribution in [-0.2, 0) is 44.7 Å². The molecule has 0 aliphatic carbocycles. The van der Waals surface area contributed by atoms with Gasteiger partial charge in [0.05, 0.1) is 13.2 Å². The van der Waals surface area contributed by atoms with E-state index in [-0.39, 0.29) is 11.9 Å². The smallest absolute Gasteiger partial charge is 0.330 e. The molecule has 0 fully saturated rings. The summed E-state index contributed by atoms with van der Waals surface area (Å²) in [6.07, 6.45) is 25.0. The zero-order valence-corrected chi connectivity index (χ0v) is 53.6. The zero-order valence-electron chi connectivity index (χ0n) is 51.2. The van der Waals surface area contributed by atoms with Gasteiger partial charge in [-0.1, -0.05) is 164 Å². The first kappa shape index (κ1) is 63.9. The molecule has 0 atom stereocenters. The number of thiophene rings is 3. The van der Waals surface area contributed by atoms with Gasteiger partial charge in [-0.25, -0.2) is 9.59 Å². The fraction of sp³-hybridized carbons (Fsp3) is 0.308. The Labute approximate surface area is 530 Å². The number of esters is 2. The molecule has 0 spiro atoms. The maximum Gasteiger partial charge on any atom is 0.330 e. The second kappa shape index (κ2) is 34.1. The minimum atomic E-state index is -0.347. The lowest BCUT2D eigenvalue weighted by Crippen LogP contribution is -2.10. The molecular weight excluding hydrogens is 1130 g/mol. The Morgan fingerprint density at radius 3 is 0.839 bits per heavy atom. The van der Waals surface area contributed by atoms with Crippen LogP contribution < -0.4 is 9.80 Å². The van der Waals surface area contributed by atoms with Gasteiger partial charge in [-0.2, -0.15) is 0 Å². The lowest BCUT2D eigenvalue weighted by molar-refractivity contribution is -0.138. The van der Waals surface area contributed by atoms with Gasteiger partial charge in [0.2, 0.25) is 0 Å². The van der Waals surface area contributed by atoms with Crippen LogP contribution >= 0.6 is 34.0 Å². The fourth-order valence-electron chi connectivity index (χ4n) is 11.1. The van der Waals surface area contributed by atoms with Gasteiger partial charge in [-0.15, -0.1) is 34.0 Å². The maximum absolute atomic E-state index is 11.4. The molecule has 9 aromatic rings. The van der Waals surface area contributed by atoms with E-state index in [0.717, 1.165) is 111 Å². The molecule has 0 aliphatic rings. The SMILES string of the molecule is C=CC(=O)OCCCCCCc1ccc(N(c2ccc(CCCCCC)cc2)c2ccc(-c3ccc(-c4ccc(-c5ccc(-c6ccc(N(c7ccc(CCCCCC)cc7)c7ccc(CCCCCCOC(=O)C=C)cc7)cc6)s5)s4)s3)cc2)cc1. The number of anilines is 6. The number of carbonyl (C=O) groups excluding carboxylic acids is 2. The summed E-state index contributed by atoms with van der Waals surface area (Å²) in [5, 5.41) is 0. The molecule has 3 heterocycles. The molecule has 6 aromatic carbocycles. The molecule has 0 bridgehead atoms. The van der Waals surface area contributed by atoms with Crippen molar-refractivity contribution < 1.29 is 19.1 Å². The second-order valence-electron chi connectivity index (χ2n) is 22.6. The van der Waals surface area contributed by atoms with E-state index in [1.807, 2.05) is 34.0 Å². The number of benzene rings is 6. The Hall–Kier alpha value is -7.56. The monoisotopic (exact) mass is 1210 g/mol. The van der Waals surface area contributed by atoms with Crippen LogP contribution in [0.25, 0.3) is 40.4 Å². The van der Waals surface area contributed by atoms with Crippen LogP contribution in [0.15, 0.2) is 207 Å². The maximum atomic E-state index is 11.4. The quantitative estimate of drug-likeness (QED) is 0.0222. The summed E-state index contributed by atoms with van der Waals surface area (Å²) in [5.74, 6) is -0.694. The molecular formula is C78H86N2O4S3. The van der Waals surface area contributed by atoms with E-state index in [9.17, 15) is 9.59 Å². The Balaban J connectivity index is 0.850. The first-order valence-electron chi connectivity index (χ1n) is 31.8. The van der Waals surface area contributed by atoms with Crippen LogP contribution in [0.4, 0.5) is 34.1 Å². The minimum Gasteiger partial charge on any atom is -0.463 e. The van der Waals surface area contributed by atoms with Gasteiger partial charge < -0.3 is 19.3 Å². The van der Waals surface area contributed by atoms with Crippen molar-refractivity contribution in [2.24, 2.45) is 0 Å². The minimum absolute atomic E-state index is 0.347. The standard InChI is InChI=1S/C78H86N2O4S3/c1-5-9-11-17-23-59-27-39-65(40-28-59)79(67-43-31-61(32-44-67)25-19-13-15-21-57-83-77(81)7-3)69-47-35-63(36-48-69)71-51-53-73(85-71)75-55-56-76(87-75)74-54-52-72(86-74)64-37-49-70(50-38-64)80(66-41-29-60(30-42-66)24-18-12-10-6-2)68-45-33-62(34-46-68)26-20-14-16-22-58-84-78(82)8-4/h7-8,27-56H,3-6,9-26,57-58H2,1-2H3. The van der Waals surface area contributed by atoms with Crippen molar-refractivity contribution >= 4 is 80.1 Å². The third-order valence-electron chi connectivity index (χ3n) is 16.1. The van der Waals surface area contributed by atoms with Crippen molar-refractivity contribution in [2.45, 2.75) is 142 Å². The largest absolute Gasteiger partial charge is 0.463 e. The summed E-state index contributed by atoms with van der Waals surface area (Å²) in [7, 11) is 0. The Bertz CT molecular complexity index is 3290. The van der Waals surface area contributed by atoms with Crippen molar-refractivity contribution in [3.05, 3.63) is 230 Å². The molecule has 0 radical (unpaired) electrons. The molecule has 0 saturated heterocycles. The highest BCUT2D eigenvalue weighted by Gasteiger charge is 2.18. The van der Waals surface area contributed by atoms with Crippen LogP contribution in [0, 0.1) is 0 Å². The third-order valence-corrected chi connectivity index (χ3v) is 19.8. The number of ether oxygens (including phenoxy) is 2. The Morgan fingerprint density at radius 2 is 0.563 bits per heavy atom. The van der Waals surface area contributed by atoms with Gasteiger partial charge in [0.15, 0.2) is 0 Å². The average Bonchev–Trinajstić information content (AvgIpc) is 4.04. The summed E-state index contributed by atoms with van der Waals surface area (Å²) in [5.41, 5.74) is 14.7. The molecule has 6 nitrogen and oxygen atoms in total. The van der Waals surface area contributed by atoms with Crippen LogP contribution in [0.1, 0.15) is 139 Å². The summed E-state index contributed by atoms with van der Waals surface area (Å²) in [6, 6.07) is 68.4. The van der Waals surface area contributed by atoms with Gasteiger partial charge in [0.1, 0.15) is 0 Å². The molecule has 450 valence electrons. The Kier molecular flexibility index (Phi) is 25.1. The van der Waals surface area contributed by atoms with E-state index >= 15 is 0 Å². The number of nitrogens with zero attached hydrogens (tertiary/aromatic N) is 2. The first-order chi connectivity index (χ1) is 42.8. The fourth-order valence-corrected chi connectivity index (χ4v) is 14.3. The van der Waals surface area contributed by atoms with Gasteiger partial charge in [-0.3, -0.25) is 0 Å². The van der Waals surface area contributed by atoms with Crippen LogP contribution in [0.3, 0.4) is 0 Å². The predicted molar refractivity (Wildman–Crippen MR) is 374 cm³/mol. The van der Waals surface area contributed by atoms with Gasteiger partial charge in [0.25, 0.3) is 0 Å². The molecule has 0 saturated carbocycles. The molecule has 87 heavy (non-hydrogen) atoms. The van der Waals surface area contributed by atoms with Gasteiger partial charge in [-0.05, 0) is 207 Å². The van der Waals surface area contributed by atoms with E-state index in [1.165, 1.54) is 126 Å². The average molecular weight is 1210 g/mol. The summed E-state index contributed by atoms with van der Waals surface area (Å²) in [6.45, 7) is 12.4. The van der Waals surface area contributed by atoms with Gasteiger partial charge >= 0.3 is 11.9 Å². The first-order valence-corrected chi connectivity index (χ1v) is 34.3. The molecule has 3 aromatic heterocycles. The van der Waals surface area contributed by atoms with E-state index in [1.54, 1.807) is 0 Å². The highest BCUT2D eigenvalue weighted by molar-refractivity contribution is 7.27. The van der Waals surface area contributed by atoms with E-state index in [2.05, 4.69) is 219 Å². The Morgan fingerprint density at radius 1 is 0.322 bits per heavy atom. The second-order valence-corrected chi connectivity index (χ2v) is 25.9. The van der Waals surface area contributed by atoms with E-state index in [4.69, 9.17) is 9.47 Å². The third kappa shape index (κ3) is 19.0. The van der Waals surface area contributed by atoms with Crippen LogP contribution in [0.5, 0.6) is 0 Å². The highest BCUT2D eigenvalue weighted by Crippen LogP contribution is 2.45. The van der Waals surface area contributed by atoms with Crippen LogP contribution in [0.2, 0.25) is 0 Å². The van der Waals surface area contributed by atoms with Crippen molar-refractivity contribution in [3.8, 4) is 40.4 Å². The summed E-state index contributed by atoms with van der Waals surface area (Å²) >= 11 is 5.58. The van der Waals surface area contributed by atoms with Gasteiger partial charge in [0, 0.05) is 75.5 Å². The number of rotatable bonds is 36. The van der Waals surface area contributed by atoms with Crippen molar-refractivity contribution in [1.29, 1.82) is 0 Å². The lowest BCUT2D eigenvalue weighted by atomic mass is 10.0. The molecule has 0 aliphatic heterocycles. The number of aryl methyl sites for hydroxylation is 4. The topological polar surface area (TPSA) is 59.1 Å². The number of hydrogen-bond donors (Lipinski definition) is 0.